The summed E-state index contributed by atoms with van der Waals surface area (Å²) in [7, 11) is 0. The molecule has 0 spiro atoms. The first-order valence-electron chi connectivity index (χ1n) is 7.17. The fourth-order valence-electron chi connectivity index (χ4n) is 2.61. The van der Waals surface area contributed by atoms with Crippen LogP contribution in [-0.2, 0) is 4.79 Å². The van der Waals surface area contributed by atoms with Crippen molar-refractivity contribution >= 4 is 11.8 Å². The van der Waals surface area contributed by atoms with Crippen LogP contribution in [0.5, 0.6) is 0 Å². The molecule has 0 radical (unpaired) electrons. The van der Waals surface area contributed by atoms with Crippen LogP contribution in [0.1, 0.15) is 35.7 Å². The number of likely N-dealkylation sites (tertiary alicyclic amines) is 1. The molecular formula is C16H22N2O2. The molecule has 0 bridgehead atoms. The lowest BCUT2D eigenvalue weighted by Crippen LogP contribution is -2.40. The minimum atomic E-state index is -0.00269. The van der Waals surface area contributed by atoms with Crippen LogP contribution in [0.2, 0.25) is 0 Å². The topological polar surface area (TPSA) is 49.4 Å². The molecule has 1 N–H and O–H groups in total. The normalized spacial score (nSPS) is 16.0. The van der Waals surface area contributed by atoms with Crippen LogP contribution in [-0.4, -0.2) is 36.3 Å². The molecule has 108 valence electrons. The van der Waals surface area contributed by atoms with Gasteiger partial charge in [-0.1, -0.05) is 18.2 Å². The molecule has 1 fully saturated rings. The number of benzene rings is 1. The summed E-state index contributed by atoms with van der Waals surface area (Å²) in [5.74, 6) is 0.614. The number of rotatable bonds is 3. The van der Waals surface area contributed by atoms with E-state index in [0.29, 0.717) is 12.5 Å². The Hall–Kier alpha value is -1.84. The van der Waals surface area contributed by atoms with Crippen LogP contribution in [0, 0.1) is 12.8 Å². The maximum Gasteiger partial charge on any atom is 0.251 e. The molecular weight excluding hydrogens is 252 g/mol. The average Bonchev–Trinajstić information content (AvgIpc) is 2.45. The largest absolute Gasteiger partial charge is 0.352 e. The predicted molar refractivity (Wildman–Crippen MR) is 78.5 cm³/mol. The van der Waals surface area contributed by atoms with Crippen molar-refractivity contribution in [2.24, 2.45) is 5.92 Å². The molecule has 0 aliphatic carbocycles. The summed E-state index contributed by atoms with van der Waals surface area (Å²) in [6, 6.07) is 7.61. The smallest absolute Gasteiger partial charge is 0.251 e. The van der Waals surface area contributed by atoms with E-state index in [4.69, 9.17) is 0 Å². The SMILES string of the molecule is CC(=O)N1CCC(CNC(=O)c2ccccc2C)CC1. The van der Waals surface area contributed by atoms with Gasteiger partial charge < -0.3 is 10.2 Å². The van der Waals surface area contributed by atoms with Gasteiger partial charge in [-0.3, -0.25) is 9.59 Å². The van der Waals surface area contributed by atoms with Crippen LogP contribution < -0.4 is 5.32 Å². The highest BCUT2D eigenvalue weighted by atomic mass is 16.2. The summed E-state index contributed by atoms with van der Waals surface area (Å²) >= 11 is 0. The molecule has 2 amide bonds. The van der Waals surface area contributed by atoms with E-state index in [1.165, 1.54) is 0 Å². The first kappa shape index (κ1) is 14.6. The Balaban J connectivity index is 1.80. The molecule has 1 aliphatic rings. The number of piperidine rings is 1. The van der Waals surface area contributed by atoms with Gasteiger partial charge in [-0.05, 0) is 37.3 Å². The van der Waals surface area contributed by atoms with Crippen LogP contribution in [0.25, 0.3) is 0 Å². The van der Waals surface area contributed by atoms with Crippen LogP contribution >= 0.6 is 0 Å². The molecule has 4 heteroatoms. The molecule has 2 rings (SSSR count). The summed E-state index contributed by atoms with van der Waals surface area (Å²) in [4.78, 5) is 25.2. The van der Waals surface area contributed by atoms with Crippen LogP contribution in [0.3, 0.4) is 0 Å². The summed E-state index contributed by atoms with van der Waals surface area (Å²) in [6.45, 7) is 5.86. The van der Waals surface area contributed by atoms with Crippen molar-refractivity contribution in [3.63, 3.8) is 0 Å². The van der Waals surface area contributed by atoms with E-state index in [1.54, 1.807) is 6.92 Å². The molecule has 0 saturated carbocycles. The quantitative estimate of drug-likeness (QED) is 0.916. The number of carbonyl (C=O) groups excluding carboxylic acids is 2. The average molecular weight is 274 g/mol. The van der Waals surface area contributed by atoms with Gasteiger partial charge in [0.05, 0.1) is 0 Å². The number of aryl methyl sites for hydroxylation is 1. The lowest BCUT2D eigenvalue weighted by atomic mass is 9.96. The molecule has 1 saturated heterocycles. The Kier molecular flexibility index (Phi) is 4.77. The standard InChI is InChI=1S/C16H22N2O2/c1-12-5-3-4-6-15(12)16(20)17-11-14-7-9-18(10-8-14)13(2)19/h3-6,14H,7-11H2,1-2H3,(H,17,20). The van der Waals surface area contributed by atoms with Gasteiger partial charge in [0.25, 0.3) is 5.91 Å². The summed E-state index contributed by atoms with van der Waals surface area (Å²) in [5.41, 5.74) is 1.74. The Labute approximate surface area is 120 Å². The number of nitrogens with zero attached hydrogens (tertiary/aromatic N) is 1. The lowest BCUT2D eigenvalue weighted by molar-refractivity contribution is -0.130. The number of carbonyl (C=O) groups is 2. The predicted octanol–water partition coefficient (Wildman–Crippen LogP) is 1.98. The number of nitrogens with one attached hydrogen (secondary N) is 1. The van der Waals surface area contributed by atoms with Crippen LogP contribution in [0.4, 0.5) is 0 Å². The highest BCUT2D eigenvalue weighted by molar-refractivity contribution is 5.95. The van der Waals surface area contributed by atoms with E-state index in [2.05, 4.69) is 5.32 Å². The van der Waals surface area contributed by atoms with Gasteiger partial charge in [-0.15, -0.1) is 0 Å². The van der Waals surface area contributed by atoms with Crippen molar-refractivity contribution in [3.05, 3.63) is 35.4 Å². The molecule has 1 heterocycles. The van der Waals surface area contributed by atoms with Gasteiger partial charge in [-0.2, -0.15) is 0 Å². The van der Waals surface area contributed by atoms with Gasteiger partial charge in [0.2, 0.25) is 5.91 Å². The van der Waals surface area contributed by atoms with Crippen LogP contribution in [0.15, 0.2) is 24.3 Å². The van der Waals surface area contributed by atoms with Gasteiger partial charge in [0.15, 0.2) is 0 Å². The summed E-state index contributed by atoms with van der Waals surface area (Å²) in [6.07, 6.45) is 1.93. The monoisotopic (exact) mass is 274 g/mol. The van der Waals surface area contributed by atoms with Crippen molar-refractivity contribution in [2.75, 3.05) is 19.6 Å². The third-order valence-corrected chi connectivity index (χ3v) is 4.00. The molecule has 0 atom stereocenters. The minimum absolute atomic E-state index is 0.00269. The lowest BCUT2D eigenvalue weighted by Gasteiger charge is -2.31. The second kappa shape index (κ2) is 6.55. The summed E-state index contributed by atoms with van der Waals surface area (Å²) in [5, 5.41) is 3.01. The van der Waals surface area contributed by atoms with Gasteiger partial charge in [0, 0.05) is 32.1 Å². The number of hydrogen-bond donors (Lipinski definition) is 1. The molecule has 4 nitrogen and oxygen atoms in total. The molecule has 0 unspecified atom stereocenters. The molecule has 1 aromatic carbocycles. The maximum atomic E-state index is 12.1. The second-order valence-electron chi connectivity index (χ2n) is 5.47. The van der Waals surface area contributed by atoms with Gasteiger partial charge in [0.1, 0.15) is 0 Å². The number of hydrogen-bond acceptors (Lipinski definition) is 2. The van der Waals surface area contributed by atoms with E-state index in [9.17, 15) is 9.59 Å². The maximum absolute atomic E-state index is 12.1. The van der Waals surface area contributed by atoms with E-state index >= 15 is 0 Å². The Morgan fingerprint density at radius 1 is 1.25 bits per heavy atom. The Morgan fingerprint density at radius 2 is 1.90 bits per heavy atom. The first-order valence-corrected chi connectivity index (χ1v) is 7.17. The second-order valence-corrected chi connectivity index (χ2v) is 5.47. The molecule has 1 aliphatic heterocycles. The summed E-state index contributed by atoms with van der Waals surface area (Å²) < 4.78 is 0. The zero-order chi connectivity index (χ0) is 14.5. The van der Waals surface area contributed by atoms with Crippen molar-refractivity contribution in [2.45, 2.75) is 26.7 Å². The zero-order valence-electron chi connectivity index (χ0n) is 12.2. The fraction of sp³-hybridized carbons (Fsp3) is 0.500. The van der Waals surface area contributed by atoms with Gasteiger partial charge in [-0.25, -0.2) is 0 Å². The van der Waals surface area contributed by atoms with Crippen molar-refractivity contribution in [1.82, 2.24) is 10.2 Å². The fourth-order valence-corrected chi connectivity index (χ4v) is 2.61. The van der Waals surface area contributed by atoms with Gasteiger partial charge >= 0.3 is 0 Å². The minimum Gasteiger partial charge on any atom is -0.352 e. The Bertz CT molecular complexity index is 491. The molecule has 0 aromatic heterocycles. The van der Waals surface area contributed by atoms with E-state index in [-0.39, 0.29) is 11.8 Å². The van der Waals surface area contributed by atoms with Crippen molar-refractivity contribution < 1.29 is 9.59 Å². The number of amides is 2. The molecule has 1 aromatic rings. The highest BCUT2D eigenvalue weighted by Gasteiger charge is 2.21. The zero-order valence-corrected chi connectivity index (χ0v) is 12.2. The third kappa shape index (κ3) is 3.59. The van der Waals surface area contributed by atoms with E-state index in [0.717, 1.165) is 37.1 Å². The van der Waals surface area contributed by atoms with Crippen molar-refractivity contribution in [1.29, 1.82) is 0 Å². The highest BCUT2D eigenvalue weighted by Crippen LogP contribution is 2.16. The van der Waals surface area contributed by atoms with E-state index in [1.807, 2.05) is 36.1 Å². The first-order chi connectivity index (χ1) is 9.58. The van der Waals surface area contributed by atoms with Crippen molar-refractivity contribution in [3.8, 4) is 0 Å². The Morgan fingerprint density at radius 3 is 2.50 bits per heavy atom. The third-order valence-electron chi connectivity index (χ3n) is 4.00. The van der Waals surface area contributed by atoms with E-state index < -0.39 is 0 Å². The molecule has 20 heavy (non-hydrogen) atoms.